The van der Waals surface area contributed by atoms with Crippen molar-refractivity contribution in [2.75, 3.05) is 0 Å². The lowest BCUT2D eigenvalue weighted by molar-refractivity contribution is 0.794. The van der Waals surface area contributed by atoms with E-state index in [1.165, 1.54) is 11.1 Å². The summed E-state index contributed by atoms with van der Waals surface area (Å²) in [5.74, 6) is 1.81. The molecule has 0 bridgehead atoms. The van der Waals surface area contributed by atoms with E-state index in [9.17, 15) is 0 Å². The normalized spacial score (nSPS) is 10.8. The van der Waals surface area contributed by atoms with Crippen molar-refractivity contribution in [3.05, 3.63) is 65.7 Å². The van der Waals surface area contributed by atoms with E-state index in [0.29, 0.717) is 0 Å². The third-order valence-electron chi connectivity index (χ3n) is 3.36. The fourth-order valence-electron chi connectivity index (χ4n) is 2.12. The predicted molar refractivity (Wildman–Crippen MR) is 87.2 cm³/mol. The number of aryl methyl sites for hydroxylation is 1. The maximum atomic E-state index is 4.32. The van der Waals surface area contributed by atoms with Gasteiger partial charge in [-0.3, -0.25) is 0 Å². The number of thioether (sulfide) groups is 1. The van der Waals surface area contributed by atoms with Gasteiger partial charge in [-0.05, 0) is 12.5 Å². The second-order valence-corrected chi connectivity index (χ2v) is 5.95. The molecule has 0 N–H and O–H groups in total. The van der Waals surface area contributed by atoms with Crippen LogP contribution in [0.1, 0.15) is 11.1 Å². The molecule has 0 radical (unpaired) electrons. The minimum Gasteiger partial charge on any atom is -0.305 e. The van der Waals surface area contributed by atoms with Crippen LogP contribution in [0.5, 0.6) is 0 Å². The molecule has 0 unspecified atom stereocenters. The molecule has 0 aliphatic carbocycles. The molecule has 0 spiro atoms. The monoisotopic (exact) mass is 295 g/mol. The van der Waals surface area contributed by atoms with Crippen molar-refractivity contribution < 1.29 is 0 Å². The van der Waals surface area contributed by atoms with Crippen LogP contribution in [-0.4, -0.2) is 14.8 Å². The topological polar surface area (TPSA) is 30.7 Å². The van der Waals surface area contributed by atoms with Crippen molar-refractivity contribution in [3.63, 3.8) is 0 Å². The van der Waals surface area contributed by atoms with Crippen molar-refractivity contribution >= 4 is 11.8 Å². The molecule has 106 valence electrons. The zero-order chi connectivity index (χ0) is 14.7. The van der Waals surface area contributed by atoms with Gasteiger partial charge in [-0.15, -0.1) is 10.2 Å². The number of aromatic nitrogens is 3. The fraction of sp³-hybridized carbons (Fsp3) is 0.176. The first-order valence-corrected chi connectivity index (χ1v) is 7.86. The highest BCUT2D eigenvalue weighted by Gasteiger charge is 2.11. The molecule has 0 aliphatic heterocycles. The van der Waals surface area contributed by atoms with Crippen LogP contribution in [0.3, 0.4) is 0 Å². The Bertz CT molecular complexity index is 718. The predicted octanol–water partition coefficient (Wildman–Crippen LogP) is 4.08. The summed E-state index contributed by atoms with van der Waals surface area (Å²) in [4.78, 5) is 0. The summed E-state index contributed by atoms with van der Waals surface area (Å²) in [6.07, 6.45) is 0. The SMILES string of the molecule is Cc1ccc(-c2nnc(SCc3ccccc3)n2C)cc1. The average Bonchev–Trinajstić information content (AvgIpc) is 2.88. The van der Waals surface area contributed by atoms with E-state index in [1.54, 1.807) is 11.8 Å². The largest absolute Gasteiger partial charge is 0.305 e. The quantitative estimate of drug-likeness (QED) is 0.679. The van der Waals surface area contributed by atoms with Crippen molar-refractivity contribution in [3.8, 4) is 11.4 Å². The van der Waals surface area contributed by atoms with Gasteiger partial charge in [0.25, 0.3) is 0 Å². The van der Waals surface area contributed by atoms with Crippen molar-refractivity contribution in [2.45, 2.75) is 17.8 Å². The smallest absolute Gasteiger partial charge is 0.191 e. The van der Waals surface area contributed by atoms with Crippen LogP contribution in [0, 0.1) is 6.92 Å². The van der Waals surface area contributed by atoms with Crippen molar-refractivity contribution in [1.29, 1.82) is 0 Å². The third kappa shape index (κ3) is 3.16. The Morgan fingerprint density at radius 1 is 0.952 bits per heavy atom. The minimum atomic E-state index is 0.903. The number of benzene rings is 2. The fourth-order valence-corrected chi connectivity index (χ4v) is 2.98. The van der Waals surface area contributed by atoms with Gasteiger partial charge in [0, 0.05) is 18.4 Å². The highest BCUT2D eigenvalue weighted by Crippen LogP contribution is 2.25. The number of hydrogen-bond donors (Lipinski definition) is 0. The summed E-state index contributed by atoms with van der Waals surface area (Å²) < 4.78 is 2.05. The summed E-state index contributed by atoms with van der Waals surface area (Å²) in [6.45, 7) is 2.08. The van der Waals surface area contributed by atoms with Gasteiger partial charge in [-0.1, -0.05) is 71.9 Å². The van der Waals surface area contributed by atoms with E-state index in [4.69, 9.17) is 0 Å². The standard InChI is InChI=1S/C17H17N3S/c1-13-8-10-15(11-9-13)16-18-19-17(20(16)2)21-12-14-6-4-3-5-7-14/h3-11H,12H2,1-2H3. The molecule has 2 aromatic carbocycles. The van der Waals surface area contributed by atoms with Crippen LogP contribution in [0.15, 0.2) is 59.8 Å². The first kappa shape index (κ1) is 13.9. The van der Waals surface area contributed by atoms with E-state index in [2.05, 4.69) is 70.2 Å². The van der Waals surface area contributed by atoms with Crippen molar-refractivity contribution in [1.82, 2.24) is 14.8 Å². The number of rotatable bonds is 4. The molecular weight excluding hydrogens is 278 g/mol. The van der Waals surface area contributed by atoms with Crippen LogP contribution >= 0.6 is 11.8 Å². The van der Waals surface area contributed by atoms with Crippen LogP contribution in [-0.2, 0) is 12.8 Å². The second-order valence-electron chi connectivity index (χ2n) is 5.01. The molecule has 0 fully saturated rings. The molecule has 0 atom stereocenters. The van der Waals surface area contributed by atoms with Crippen LogP contribution in [0.4, 0.5) is 0 Å². The van der Waals surface area contributed by atoms with Gasteiger partial charge in [0.15, 0.2) is 11.0 Å². The third-order valence-corrected chi connectivity index (χ3v) is 4.45. The second kappa shape index (κ2) is 6.14. The van der Waals surface area contributed by atoms with Gasteiger partial charge >= 0.3 is 0 Å². The van der Waals surface area contributed by atoms with Crippen LogP contribution in [0.2, 0.25) is 0 Å². The number of hydrogen-bond acceptors (Lipinski definition) is 3. The summed E-state index contributed by atoms with van der Waals surface area (Å²) in [6, 6.07) is 18.8. The van der Waals surface area contributed by atoms with Crippen LogP contribution < -0.4 is 0 Å². The van der Waals surface area contributed by atoms with E-state index >= 15 is 0 Å². The Balaban J connectivity index is 1.78. The maximum Gasteiger partial charge on any atom is 0.191 e. The van der Waals surface area contributed by atoms with E-state index in [1.807, 2.05) is 13.1 Å². The molecule has 3 nitrogen and oxygen atoms in total. The maximum absolute atomic E-state index is 4.32. The van der Waals surface area contributed by atoms with Crippen LogP contribution in [0.25, 0.3) is 11.4 Å². The molecule has 0 aliphatic rings. The molecule has 3 aromatic rings. The summed E-state index contributed by atoms with van der Waals surface area (Å²) >= 11 is 1.71. The Hall–Kier alpha value is -2.07. The van der Waals surface area contributed by atoms with E-state index < -0.39 is 0 Å². The zero-order valence-corrected chi connectivity index (χ0v) is 13.0. The first-order chi connectivity index (χ1) is 10.2. The summed E-state index contributed by atoms with van der Waals surface area (Å²) in [7, 11) is 2.02. The molecule has 4 heteroatoms. The van der Waals surface area contributed by atoms with Gasteiger partial charge in [0.05, 0.1) is 0 Å². The summed E-state index contributed by atoms with van der Waals surface area (Å²) in [5, 5.41) is 9.56. The lowest BCUT2D eigenvalue weighted by atomic mass is 10.1. The molecule has 21 heavy (non-hydrogen) atoms. The average molecular weight is 295 g/mol. The highest BCUT2D eigenvalue weighted by atomic mass is 32.2. The molecular formula is C17H17N3S. The van der Waals surface area contributed by atoms with Crippen molar-refractivity contribution in [2.24, 2.45) is 7.05 Å². The highest BCUT2D eigenvalue weighted by molar-refractivity contribution is 7.98. The Morgan fingerprint density at radius 3 is 2.38 bits per heavy atom. The minimum absolute atomic E-state index is 0.903. The lowest BCUT2D eigenvalue weighted by Crippen LogP contribution is -1.95. The first-order valence-electron chi connectivity index (χ1n) is 6.87. The Morgan fingerprint density at radius 2 is 1.67 bits per heavy atom. The van der Waals surface area contributed by atoms with Gasteiger partial charge in [0.1, 0.15) is 0 Å². The molecule has 0 saturated heterocycles. The molecule has 1 aromatic heterocycles. The van der Waals surface area contributed by atoms with Gasteiger partial charge in [-0.25, -0.2) is 0 Å². The zero-order valence-electron chi connectivity index (χ0n) is 12.2. The Kier molecular flexibility index (Phi) is 4.06. The van der Waals surface area contributed by atoms with E-state index in [-0.39, 0.29) is 0 Å². The van der Waals surface area contributed by atoms with Gasteiger partial charge in [0.2, 0.25) is 0 Å². The summed E-state index contributed by atoms with van der Waals surface area (Å²) in [5.41, 5.74) is 3.64. The molecule has 3 rings (SSSR count). The molecule has 0 amide bonds. The Labute approximate surface area is 129 Å². The van der Waals surface area contributed by atoms with Gasteiger partial charge < -0.3 is 4.57 Å². The lowest BCUT2D eigenvalue weighted by Gasteiger charge is -2.04. The number of nitrogens with zero attached hydrogens (tertiary/aromatic N) is 3. The van der Waals surface area contributed by atoms with Gasteiger partial charge in [-0.2, -0.15) is 0 Å². The molecule has 0 saturated carbocycles. The molecule has 1 heterocycles. The van der Waals surface area contributed by atoms with E-state index in [0.717, 1.165) is 22.3 Å².